The molecule has 28 heavy (non-hydrogen) atoms. The van der Waals surface area contributed by atoms with Crippen molar-refractivity contribution < 1.29 is 14.3 Å². The molecule has 3 aromatic rings. The van der Waals surface area contributed by atoms with Crippen LogP contribution in [0.15, 0.2) is 35.7 Å². The van der Waals surface area contributed by atoms with Gasteiger partial charge in [0, 0.05) is 16.6 Å². The van der Waals surface area contributed by atoms with Gasteiger partial charge in [-0.05, 0) is 32.9 Å². The topological polar surface area (TPSA) is 86.1 Å². The largest absolute Gasteiger partial charge is 0.466 e. The minimum absolute atomic E-state index is 0.0995. The van der Waals surface area contributed by atoms with E-state index in [2.05, 4.69) is 15.4 Å². The first-order valence-electron chi connectivity index (χ1n) is 8.98. The number of hydrogen-bond acceptors (Lipinski definition) is 6. The van der Waals surface area contributed by atoms with Crippen LogP contribution in [0.25, 0.3) is 5.69 Å². The molecule has 0 saturated heterocycles. The molecule has 0 bridgehead atoms. The number of esters is 1. The number of rotatable bonds is 7. The quantitative estimate of drug-likeness (QED) is 0.618. The number of anilines is 1. The van der Waals surface area contributed by atoms with Gasteiger partial charge in [-0.3, -0.25) is 9.59 Å². The molecule has 146 valence electrons. The van der Waals surface area contributed by atoms with Crippen LogP contribution in [0.4, 0.5) is 5.13 Å². The fourth-order valence-corrected chi connectivity index (χ4v) is 3.61. The van der Waals surface area contributed by atoms with E-state index >= 15 is 0 Å². The number of thiazole rings is 1. The van der Waals surface area contributed by atoms with Crippen molar-refractivity contribution in [2.45, 2.75) is 33.6 Å². The Hall–Kier alpha value is -3.00. The van der Waals surface area contributed by atoms with E-state index in [0.29, 0.717) is 17.4 Å². The zero-order valence-corrected chi connectivity index (χ0v) is 16.9. The average molecular weight is 398 g/mol. The van der Waals surface area contributed by atoms with Gasteiger partial charge in [-0.2, -0.15) is 5.10 Å². The van der Waals surface area contributed by atoms with Crippen molar-refractivity contribution in [3.63, 3.8) is 0 Å². The molecule has 1 amide bonds. The molecule has 2 heterocycles. The third kappa shape index (κ3) is 4.64. The monoisotopic (exact) mass is 398 g/mol. The summed E-state index contributed by atoms with van der Waals surface area (Å²) < 4.78 is 6.76. The molecule has 1 N–H and O–H groups in total. The summed E-state index contributed by atoms with van der Waals surface area (Å²) in [6.07, 6.45) is 0.305. The van der Waals surface area contributed by atoms with Gasteiger partial charge in [0.1, 0.15) is 0 Å². The standard InChI is InChI=1S/C20H22N4O3S/c1-4-27-19(26)10-15-12-28-20(21-15)22-18(25)11-17-13(2)23-24(14(17)3)16-8-6-5-7-9-16/h5-9,12H,4,10-11H2,1-3H3,(H,21,22,25). The lowest BCUT2D eigenvalue weighted by atomic mass is 10.1. The second-order valence-electron chi connectivity index (χ2n) is 6.25. The molecule has 1 aromatic carbocycles. The van der Waals surface area contributed by atoms with Crippen molar-refractivity contribution in [1.82, 2.24) is 14.8 Å². The third-order valence-electron chi connectivity index (χ3n) is 4.21. The lowest BCUT2D eigenvalue weighted by Crippen LogP contribution is -2.15. The number of para-hydroxylation sites is 1. The summed E-state index contributed by atoms with van der Waals surface area (Å²) in [5, 5.41) is 9.58. The number of benzene rings is 1. The number of amides is 1. The molecule has 3 rings (SSSR count). The molecule has 0 aliphatic rings. The maximum absolute atomic E-state index is 12.5. The number of aryl methyl sites for hydroxylation is 1. The van der Waals surface area contributed by atoms with E-state index in [-0.39, 0.29) is 24.7 Å². The van der Waals surface area contributed by atoms with Gasteiger partial charge in [-0.1, -0.05) is 18.2 Å². The Kier molecular flexibility index (Phi) is 6.20. The van der Waals surface area contributed by atoms with E-state index in [1.54, 1.807) is 12.3 Å². The molecule has 0 fully saturated rings. The van der Waals surface area contributed by atoms with E-state index in [9.17, 15) is 9.59 Å². The van der Waals surface area contributed by atoms with Gasteiger partial charge < -0.3 is 10.1 Å². The van der Waals surface area contributed by atoms with E-state index in [0.717, 1.165) is 22.6 Å². The predicted octanol–water partition coefficient (Wildman–Crippen LogP) is 3.23. The molecular weight excluding hydrogens is 376 g/mol. The first-order chi connectivity index (χ1) is 13.5. The number of ether oxygens (including phenoxy) is 1. The van der Waals surface area contributed by atoms with E-state index < -0.39 is 0 Å². The van der Waals surface area contributed by atoms with Crippen LogP contribution in [-0.4, -0.2) is 33.2 Å². The van der Waals surface area contributed by atoms with Crippen molar-refractivity contribution in [2.24, 2.45) is 0 Å². The summed E-state index contributed by atoms with van der Waals surface area (Å²) in [4.78, 5) is 28.3. The van der Waals surface area contributed by atoms with Crippen LogP contribution in [0, 0.1) is 13.8 Å². The van der Waals surface area contributed by atoms with Crippen LogP contribution in [0.2, 0.25) is 0 Å². The zero-order chi connectivity index (χ0) is 20.1. The zero-order valence-electron chi connectivity index (χ0n) is 16.1. The minimum atomic E-state index is -0.328. The Bertz CT molecular complexity index is 979. The molecule has 0 spiro atoms. The fraction of sp³-hybridized carbons (Fsp3) is 0.300. The van der Waals surface area contributed by atoms with E-state index in [1.165, 1.54) is 11.3 Å². The van der Waals surface area contributed by atoms with Crippen LogP contribution in [0.1, 0.15) is 29.6 Å². The summed E-state index contributed by atoms with van der Waals surface area (Å²) in [7, 11) is 0. The van der Waals surface area contributed by atoms with Gasteiger partial charge in [0.2, 0.25) is 5.91 Å². The molecule has 0 radical (unpaired) electrons. The number of hydrogen-bond donors (Lipinski definition) is 1. The molecular formula is C20H22N4O3S. The average Bonchev–Trinajstić information content (AvgIpc) is 3.21. The van der Waals surface area contributed by atoms with Crippen molar-refractivity contribution >= 4 is 28.3 Å². The third-order valence-corrected chi connectivity index (χ3v) is 5.01. The van der Waals surface area contributed by atoms with Crippen LogP contribution < -0.4 is 5.32 Å². The molecule has 0 saturated carbocycles. The summed E-state index contributed by atoms with van der Waals surface area (Å²) in [5.41, 5.74) is 4.19. The van der Waals surface area contributed by atoms with E-state index in [4.69, 9.17) is 4.74 Å². The Morgan fingerprint density at radius 1 is 1.18 bits per heavy atom. The molecule has 7 nitrogen and oxygen atoms in total. The van der Waals surface area contributed by atoms with Crippen LogP contribution >= 0.6 is 11.3 Å². The first-order valence-corrected chi connectivity index (χ1v) is 9.86. The van der Waals surface area contributed by atoms with Crippen molar-refractivity contribution in [2.75, 3.05) is 11.9 Å². The van der Waals surface area contributed by atoms with Crippen LogP contribution in [-0.2, 0) is 27.2 Å². The van der Waals surface area contributed by atoms with Crippen molar-refractivity contribution in [1.29, 1.82) is 0 Å². The maximum atomic E-state index is 12.5. The number of carbonyl (C=O) groups is 2. The molecule has 0 aliphatic carbocycles. The first kappa shape index (κ1) is 19.8. The number of aromatic nitrogens is 3. The Balaban J connectivity index is 1.67. The van der Waals surface area contributed by atoms with Gasteiger partial charge >= 0.3 is 5.97 Å². The van der Waals surface area contributed by atoms with Gasteiger partial charge in [-0.25, -0.2) is 9.67 Å². The fourth-order valence-electron chi connectivity index (χ4n) is 2.88. The van der Waals surface area contributed by atoms with Gasteiger partial charge in [-0.15, -0.1) is 11.3 Å². The summed E-state index contributed by atoms with van der Waals surface area (Å²) >= 11 is 1.29. The summed E-state index contributed by atoms with van der Waals surface area (Å²) in [5.74, 6) is -0.499. The number of nitrogens with zero attached hydrogens (tertiary/aromatic N) is 3. The second kappa shape index (κ2) is 8.79. The molecule has 2 aromatic heterocycles. The normalized spacial score (nSPS) is 10.7. The smallest absolute Gasteiger partial charge is 0.311 e. The highest BCUT2D eigenvalue weighted by Gasteiger charge is 2.17. The van der Waals surface area contributed by atoms with Gasteiger partial charge in [0.15, 0.2) is 5.13 Å². The molecule has 0 aliphatic heterocycles. The van der Waals surface area contributed by atoms with Crippen LogP contribution in [0.3, 0.4) is 0 Å². The second-order valence-corrected chi connectivity index (χ2v) is 7.11. The van der Waals surface area contributed by atoms with Gasteiger partial charge in [0.05, 0.1) is 36.5 Å². The van der Waals surface area contributed by atoms with Crippen molar-refractivity contribution in [3.8, 4) is 5.69 Å². The van der Waals surface area contributed by atoms with Gasteiger partial charge in [0.25, 0.3) is 0 Å². The van der Waals surface area contributed by atoms with Crippen LogP contribution in [0.5, 0.6) is 0 Å². The highest BCUT2D eigenvalue weighted by atomic mass is 32.1. The number of nitrogens with one attached hydrogen (secondary N) is 1. The molecule has 0 atom stereocenters. The maximum Gasteiger partial charge on any atom is 0.311 e. The summed E-state index contributed by atoms with van der Waals surface area (Å²) in [6, 6.07) is 9.81. The highest BCUT2D eigenvalue weighted by Crippen LogP contribution is 2.20. The Labute approximate surface area is 167 Å². The SMILES string of the molecule is CCOC(=O)Cc1csc(NC(=O)Cc2c(C)nn(-c3ccccc3)c2C)n1. The Morgan fingerprint density at radius 3 is 2.64 bits per heavy atom. The Morgan fingerprint density at radius 2 is 1.93 bits per heavy atom. The molecule has 8 heteroatoms. The number of carbonyl (C=O) groups excluding carboxylic acids is 2. The lowest BCUT2D eigenvalue weighted by molar-refractivity contribution is -0.142. The predicted molar refractivity (Wildman–Crippen MR) is 108 cm³/mol. The minimum Gasteiger partial charge on any atom is -0.466 e. The summed E-state index contributed by atoms with van der Waals surface area (Å²) in [6.45, 7) is 5.95. The van der Waals surface area contributed by atoms with Crippen molar-refractivity contribution in [3.05, 3.63) is 58.4 Å². The molecule has 0 unspecified atom stereocenters. The lowest BCUT2D eigenvalue weighted by Gasteiger charge is -2.05. The highest BCUT2D eigenvalue weighted by molar-refractivity contribution is 7.13. The van der Waals surface area contributed by atoms with E-state index in [1.807, 2.05) is 48.9 Å².